The van der Waals surface area contributed by atoms with Gasteiger partial charge in [0.05, 0.1) is 0 Å². The summed E-state index contributed by atoms with van der Waals surface area (Å²) in [5, 5.41) is 0. The van der Waals surface area contributed by atoms with Gasteiger partial charge in [-0.1, -0.05) is 18.9 Å². The van der Waals surface area contributed by atoms with Gasteiger partial charge in [-0.15, -0.1) is 6.58 Å². The van der Waals surface area contributed by atoms with Gasteiger partial charge in [0.2, 0.25) is 5.91 Å². The molecule has 1 aliphatic carbocycles. The Morgan fingerprint density at radius 3 is 2.53 bits per heavy atom. The summed E-state index contributed by atoms with van der Waals surface area (Å²) in [5.41, 5.74) is 5.66. The van der Waals surface area contributed by atoms with Crippen LogP contribution in [-0.4, -0.2) is 28.9 Å². The highest BCUT2D eigenvalue weighted by molar-refractivity contribution is 5.76. The van der Waals surface area contributed by atoms with Crippen molar-refractivity contribution in [2.45, 2.75) is 64.0 Å². The first-order valence-electron chi connectivity index (χ1n) is 6.63. The van der Waals surface area contributed by atoms with E-state index in [9.17, 15) is 4.79 Å². The van der Waals surface area contributed by atoms with Gasteiger partial charge in [0.1, 0.15) is 0 Å². The predicted molar refractivity (Wildman–Crippen MR) is 71.7 cm³/mol. The average molecular weight is 238 g/mol. The van der Waals surface area contributed by atoms with Crippen molar-refractivity contribution in [3.63, 3.8) is 0 Å². The van der Waals surface area contributed by atoms with Crippen molar-refractivity contribution in [3.05, 3.63) is 12.7 Å². The van der Waals surface area contributed by atoms with Crippen molar-refractivity contribution in [2.75, 3.05) is 6.54 Å². The van der Waals surface area contributed by atoms with Crippen LogP contribution in [0.3, 0.4) is 0 Å². The van der Waals surface area contributed by atoms with Crippen molar-refractivity contribution >= 4 is 5.91 Å². The van der Waals surface area contributed by atoms with E-state index in [1.807, 2.05) is 24.8 Å². The number of rotatable bonds is 6. The quantitative estimate of drug-likeness (QED) is 0.723. The third-order valence-electron chi connectivity index (χ3n) is 3.39. The molecule has 2 N–H and O–H groups in total. The lowest BCUT2D eigenvalue weighted by Crippen LogP contribution is -2.41. The predicted octanol–water partition coefficient (Wildman–Crippen LogP) is 2.46. The van der Waals surface area contributed by atoms with E-state index in [1.165, 1.54) is 12.8 Å². The highest BCUT2D eigenvalue weighted by Gasteiger charge is 2.26. The van der Waals surface area contributed by atoms with Crippen LogP contribution >= 0.6 is 0 Å². The summed E-state index contributed by atoms with van der Waals surface area (Å²) in [6.45, 7) is 8.35. The zero-order chi connectivity index (χ0) is 12.9. The van der Waals surface area contributed by atoms with Crippen LogP contribution in [-0.2, 0) is 4.79 Å². The highest BCUT2D eigenvalue weighted by atomic mass is 16.2. The first kappa shape index (κ1) is 14.2. The molecule has 3 nitrogen and oxygen atoms in total. The fourth-order valence-corrected chi connectivity index (χ4v) is 2.38. The average Bonchev–Trinajstić information content (AvgIpc) is 2.74. The fraction of sp³-hybridized carbons (Fsp3) is 0.786. The SMILES string of the molecule is C=CCN(C(=O)CCC(C)(C)N)C1CCCC1. The Labute approximate surface area is 105 Å². The van der Waals surface area contributed by atoms with E-state index in [4.69, 9.17) is 5.73 Å². The van der Waals surface area contributed by atoms with Crippen LogP contribution in [0, 0.1) is 0 Å². The van der Waals surface area contributed by atoms with Crippen LogP contribution in [0.15, 0.2) is 12.7 Å². The largest absolute Gasteiger partial charge is 0.336 e. The molecule has 17 heavy (non-hydrogen) atoms. The summed E-state index contributed by atoms with van der Waals surface area (Å²) in [5.74, 6) is 0.232. The molecular formula is C14H26N2O. The number of carbonyl (C=O) groups excluding carboxylic acids is 1. The first-order chi connectivity index (χ1) is 7.94. The molecule has 1 rings (SSSR count). The maximum atomic E-state index is 12.2. The summed E-state index contributed by atoms with van der Waals surface area (Å²) >= 11 is 0. The van der Waals surface area contributed by atoms with Gasteiger partial charge in [0.25, 0.3) is 0 Å². The zero-order valence-electron chi connectivity index (χ0n) is 11.2. The summed E-state index contributed by atoms with van der Waals surface area (Å²) in [6, 6.07) is 0.432. The van der Waals surface area contributed by atoms with Gasteiger partial charge < -0.3 is 10.6 Å². The molecule has 1 amide bonds. The lowest BCUT2D eigenvalue weighted by molar-refractivity contribution is -0.133. The van der Waals surface area contributed by atoms with Crippen molar-refractivity contribution in [1.29, 1.82) is 0 Å². The molecule has 0 aromatic heterocycles. The minimum atomic E-state index is -0.259. The summed E-state index contributed by atoms with van der Waals surface area (Å²) in [4.78, 5) is 14.2. The Hall–Kier alpha value is -0.830. The zero-order valence-corrected chi connectivity index (χ0v) is 11.2. The molecule has 0 saturated heterocycles. The minimum Gasteiger partial charge on any atom is -0.336 e. The highest BCUT2D eigenvalue weighted by Crippen LogP contribution is 2.24. The van der Waals surface area contributed by atoms with E-state index in [1.54, 1.807) is 0 Å². The first-order valence-corrected chi connectivity index (χ1v) is 6.63. The Morgan fingerprint density at radius 1 is 1.47 bits per heavy atom. The van der Waals surface area contributed by atoms with E-state index in [-0.39, 0.29) is 11.4 Å². The number of nitrogens with zero attached hydrogens (tertiary/aromatic N) is 1. The van der Waals surface area contributed by atoms with E-state index in [0.29, 0.717) is 19.0 Å². The van der Waals surface area contributed by atoms with E-state index < -0.39 is 0 Å². The maximum absolute atomic E-state index is 12.2. The molecule has 0 radical (unpaired) electrons. The molecule has 0 aromatic carbocycles. The second kappa shape index (κ2) is 6.20. The Balaban J connectivity index is 2.51. The second-order valence-electron chi connectivity index (χ2n) is 5.76. The molecule has 0 spiro atoms. The van der Waals surface area contributed by atoms with Gasteiger partial charge >= 0.3 is 0 Å². The summed E-state index contributed by atoms with van der Waals surface area (Å²) < 4.78 is 0. The standard InChI is InChI=1S/C14H26N2O/c1-4-11-16(12-7-5-6-8-12)13(17)9-10-14(2,3)15/h4,12H,1,5-11,15H2,2-3H3. The van der Waals surface area contributed by atoms with Crippen LogP contribution in [0.2, 0.25) is 0 Å². The molecule has 0 bridgehead atoms. The van der Waals surface area contributed by atoms with Crippen molar-refractivity contribution in [3.8, 4) is 0 Å². The van der Waals surface area contributed by atoms with E-state index in [0.717, 1.165) is 19.3 Å². The van der Waals surface area contributed by atoms with Crippen molar-refractivity contribution in [2.24, 2.45) is 5.73 Å². The van der Waals surface area contributed by atoms with Crippen LogP contribution in [0.5, 0.6) is 0 Å². The van der Waals surface area contributed by atoms with Gasteiger partial charge in [0.15, 0.2) is 0 Å². The van der Waals surface area contributed by atoms with Gasteiger partial charge in [0, 0.05) is 24.5 Å². The van der Waals surface area contributed by atoms with Gasteiger partial charge in [-0.05, 0) is 33.1 Å². The number of hydrogen-bond donors (Lipinski definition) is 1. The third-order valence-corrected chi connectivity index (χ3v) is 3.39. The van der Waals surface area contributed by atoms with Crippen molar-refractivity contribution < 1.29 is 4.79 Å². The minimum absolute atomic E-state index is 0.232. The topological polar surface area (TPSA) is 46.3 Å². The second-order valence-corrected chi connectivity index (χ2v) is 5.76. The number of carbonyl (C=O) groups is 1. The van der Waals surface area contributed by atoms with Crippen LogP contribution in [0.25, 0.3) is 0 Å². The molecule has 1 fully saturated rings. The molecule has 3 heteroatoms. The lowest BCUT2D eigenvalue weighted by Gasteiger charge is -2.29. The monoisotopic (exact) mass is 238 g/mol. The van der Waals surface area contributed by atoms with Crippen LogP contribution in [0.1, 0.15) is 52.4 Å². The normalized spacial score (nSPS) is 17.1. The Bertz CT molecular complexity index is 262. The van der Waals surface area contributed by atoms with Gasteiger partial charge in [-0.2, -0.15) is 0 Å². The Morgan fingerprint density at radius 2 is 2.06 bits per heavy atom. The van der Waals surface area contributed by atoms with Crippen molar-refractivity contribution in [1.82, 2.24) is 4.90 Å². The van der Waals surface area contributed by atoms with Gasteiger partial charge in [-0.3, -0.25) is 4.79 Å². The van der Waals surface area contributed by atoms with Crippen LogP contribution < -0.4 is 5.73 Å². The third kappa shape index (κ3) is 4.90. The van der Waals surface area contributed by atoms with Gasteiger partial charge in [-0.25, -0.2) is 0 Å². The summed E-state index contributed by atoms with van der Waals surface area (Å²) in [7, 11) is 0. The number of nitrogens with two attached hydrogens (primary N) is 1. The Kier molecular flexibility index (Phi) is 5.19. The van der Waals surface area contributed by atoms with E-state index >= 15 is 0 Å². The molecule has 1 aliphatic rings. The smallest absolute Gasteiger partial charge is 0.223 e. The number of hydrogen-bond acceptors (Lipinski definition) is 2. The van der Waals surface area contributed by atoms with Crippen LogP contribution in [0.4, 0.5) is 0 Å². The fourth-order valence-electron chi connectivity index (χ4n) is 2.38. The molecule has 0 atom stereocenters. The van der Waals surface area contributed by atoms with E-state index in [2.05, 4.69) is 6.58 Å². The molecule has 0 aliphatic heterocycles. The molecule has 98 valence electrons. The molecular weight excluding hydrogens is 212 g/mol. The lowest BCUT2D eigenvalue weighted by atomic mass is 9.99. The number of amides is 1. The molecule has 1 saturated carbocycles. The summed E-state index contributed by atoms with van der Waals surface area (Å²) in [6.07, 6.45) is 7.89. The molecule has 0 heterocycles. The molecule has 0 aromatic rings. The molecule has 0 unspecified atom stereocenters. The maximum Gasteiger partial charge on any atom is 0.223 e.